The van der Waals surface area contributed by atoms with Gasteiger partial charge in [0.1, 0.15) is 102 Å². The Hall–Kier alpha value is -13.0. The molecule has 10 N–H and O–H groups in total. The minimum Gasteiger partial charge on any atom is -0.508 e. The molecular formula is C102H100BrCl7N20O6. The second kappa shape index (κ2) is 42.1. The van der Waals surface area contributed by atoms with Crippen LogP contribution in [0.1, 0.15) is 164 Å². The van der Waals surface area contributed by atoms with Crippen LogP contribution in [-0.4, -0.2) is 128 Å². The molecule has 6 aromatic carbocycles. The van der Waals surface area contributed by atoms with E-state index in [1.54, 1.807) is 67.6 Å². The summed E-state index contributed by atoms with van der Waals surface area (Å²) in [6.07, 6.45) is 19.2. The number of aromatic nitrogens is 15. The van der Waals surface area contributed by atoms with E-state index in [2.05, 4.69) is 87.8 Å². The number of fused-ring (bicyclic) bond motifs is 4. The monoisotopic (exact) mass is 2020 g/mol. The van der Waals surface area contributed by atoms with Gasteiger partial charge in [-0.2, -0.15) is 0 Å². The lowest BCUT2D eigenvalue weighted by atomic mass is 9.90. The number of pyridine rings is 3. The van der Waals surface area contributed by atoms with Crippen molar-refractivity contribution in [1.29, 1.82) is 0 Å². The van der Waals surface area contributed by atoms with Gasteiger partial charge in [-0.15, -0.1) is 0 Å². The van der Waals surface area contributed by atoms with E-state index in [4.69, 9.17) is 133 Å². The van der Waals surface area contributed by atoms with Crippen molar-refractivity contribution in [2.45, 2.75) is 114 Å². The number of nitrogens with zero attached hydrogens (tertiary/aromatic N) is 16. The van der Waals surface area contributed by atoms with Crippen LogP contribution in [0.5, 0.6) is 28.7 Å². The van der Waals surface area contributed by atoms with E-state index in [1.165, 1.54) is 0 Å². The van der Waals surface area contributed by atoms with Gasteiger partial charge >= 0.3 is 0 Å². The third-order valence-corrected chi connectivity index (χ3v) is 26.5. The van der Waals surface area contributed by atoms with Crippen LogP contribution in [0.4, 0.5) is 23.3 Å². The lowest BCUT2D eigenvalue weighted by molar-refractivity contribution is 0.336. The van der Waals surface area contributed by atoms with Crippen LogP contribution in [0.3, 0.4) is 0 Å². The van der Waals surface area contributed by atoms with Crippen LogP contribution >= 0.6 is 97.1 Å². The zero-order valence-electron chi connectivity index (χ0n) is 77.3. The first kappa shape index (κ1) is 99.0. The summed E-state index contributed by atoms with van der Waals surface area (Å²) >= 11 is 49.4. The Kier molecular flexibility index (Phi) is 30.7. The number of phenols is 1. The minimum atomic E-state index is -0.241. The van der Waals surface area contributed by atoms with Crippen molar-refractivity contribution in [3.05, 3.63) is 315 Å². The third-order valence-electron chi connectivity index (χ3n) is 23.6. The second-order valence-corrected chi connectivity index (χ2v) is 35.9. The molecule has 2 unspecified atom stereocenters. The largest absolute Gasteiger partial charge is 0.508 e. The van der Waals surface area contributed by atoms with Crippen LogP contribution in [0.15, 0.2) is 195 Å². The molecule has 17 rings (SSSR count). The molecule has 0 radical (unpaired) electrons. The van der Waals surface area contributed by atoms with E-state index < -0.39 is 0 Å². The molecule has 0 saturated carbocycles. The van der Waals surface area contributed by atoms with Crippen molar-refractivity contribution in [1.82, 2.24) is 77.3 Å². The van der Waals surface area contributed by atoms with Gasteiger partial charge in [0.2, 0.25) is 0 Å². The van der Waals surface area contributed by atoms with Crippen LogP contribution in [0.2, 0.25) is 35.4 Å². The fraction of sp³-hybridized carbons (Fsp3) is 0.225. The normalized spacial score (nSPS) is 12.2. The molecule has 700 valence electrons. The molecule has 0 fully saturated rings. The molecule has 0 aliphatic carbocycles. The summed E-state index contributed by atoms with van der Waals surface area (Å²) in [6.45, 7) is 35.4. The number of aliphatic hydroxyl groups excluding tert-OH is 1. The average molecular weight is 2030 g/mol. The number of ether oxygens (including phenoxy) is 4. The lowest BCUT2D eigenvalue weighted by Crippen LogP contribution is -2.10. The van der Waals surface area contributed by atoms with Gasteiger partial charge in [0, 0.05) is 204 Å². The van der Waals surface area contributed by atoms with E-state index in [-0.39, 0.29) is 40.3 Å². The maximum atomic E-state index is 10.1. The Labute approximate surface area is 831 Å². The van der Waals surface area contributed by atoms with Crippen molar-refractivity contribution in [3.8, 4) is 84.5 Å². The molecule has 4 atom stereocenters. The Morgan fingerprint density at radius 1 is 0.412 bits per heavy atom. The van der Waals surface area contributed by atoms with Crippen LogP contribution < -0.4 is 41.9 Å². The van der Waals surface area contributed by atoms with E-state index in [9.17, 15) is 10.2 Å². The Morgan fingerprint density at radius 3 is 1.11 bits per heavy atom. The fourth-order valence-electron chi connectivity index (χ4n) is 16.6. The van der Waals surface area contributed by atoms with E-state index in [0.29, 0.717) is 130 Å². The number of aryl methyl sites for hydroxylation is 1. The number of aromatic hydroxyl groups is 1. The molecule has 0 saturated heterocycles. The summed E-state index contributed by atoms with van der Waals surface area (Å²) < 4.78 is 33.1. The van der Waals surface area contributed by atoms with Crippen LogP contribution in [0.25, 0.3) is 89.3 Å². The summed E-state index contributed by atoms with van der Waals surface area (Å²) in [5.74, 6) is 6.52. The Balaban J connectivity index is 0.000000145. The molecular weight excluding hydrogens is 1930 g/mol. The zero-order valence-corrected chi connectivity index (χ0v) is 84.2. The number of hydrogen-bond donors (Lipinski definition) is 6. The lowest BCUT2D eigenvalue weighted by Gasteiger charge is -2.22. The molecule has 17 aromatic rings. The molecule has 26 nitrogen and oxygen atoms in total. The zero-order chi connectivity index (χ0) is 97.9. The molecule has 11 aromatic heterocycles. The number of halogens is 8. The number of phenolic OH excluding ortho intramolecular Hbond substituents is 1. The molecule has 34 heteroatoms. The number of anilines is 4. The number of rotatable bonds is 24. The average Bonchev–Trinajstić information content (AvgIpc) is 1.53. The molecule has 0 aliphatic rings. The van der Waals surface area contributed by atoms with Crippen molar-refractivity contribution < 1.29 is 29.2 Å². The maximum Gasteiger partial charge on any atom is 0.158 e. The van der Waals surface area contributed by atoms with Gasteiger partial charge in [-0.1, -0.05) is 165 Å². The van der Waals surface area contributed by atoms with Crippen LogP contribution in [0, 0.1) is 34.6 Å². The quantitative estimate of drug-likeness (QED) is 0.0306. The predicted molar refractivity (Wildman–Crippen MR) is 553 cm³/mol. The first-order valence-corrected chi connectivity index (χ1v) is 46.9. The first-order valence-electron chi connectivity index (χ1n) is 43.5. The van der Waals surface area contributed by atoms with Crippen molar-refractivity contribution in [3.63, 3.8) is 0 Å². The summed E-state index contributed by atoms with van der Waals surface area (Å²) in [6, 6.07) is 33.9. The number of imidazole rings is 4. The molecule has 0 amide bonds. The van der Waals surface area contributed by atoms with E-state index >= 15 is 0 Å². The van der Waals surface area contributed by atoms with Crippen molar-refractivity contribution >= 4 is 154 Å². The van der Waals surface area contributed by atoms with Gasteiger partial charge in [-0.25, -0.2) is 39.9 Å². The summed E-state index contributed by atoms with van der Waals surface area (Å²) in [5, 5.41) is 23.5. The molecule has 0 aliphatic heterocycles. The summed E-state index contributed by atoms with van der Waals surface area (Å²) in [7, 11) is 3.88. The SMILES string of the molecule is C=C(O)c1ccc(-c2c(C)c(Cl)cc([C@H](C)c3nc(Cl)c4c(N)nccn34)c2OCC)cn1.C=C(c1ccc(-c2c(C)c(Cl)cc([C@H](C)c3nc(Cl)c4c(N)nccn34)c2OCC)cn1)N(C)C.CCOc1c(C(C)c2nc(-c3cccc(O)c3)c3c(N)nccn23)cc(Cl)c(C)c1-c1ccc(C)nc1.CCOc1c(C(C)c2nc(Br)c3c(N)nccn23)cc(Cl)c(C)c1-c1ccc(Cl)cc1. The van der Waals surface area contributed by atoms with E-state index in [0.717, 1.165) is 146 Å². The molecule has 136 heavy (non-hydrogen) atoms. The number of hydrogen-bond acceptors (Lipinski definition) is 22. The number of nitrogen functional groups attached to an aromatic ring is 4. The fourth-order valence-corrected chi connectivity index (χ4v) is 18.7. The molecule has 0 bridgehead atoms. The van der Waals surface area contributed by atoms with Gasteiger partial charge in [0.25, 0.3) is 0 Å². The predicted octanol–water partition coefficient (Wildman–Crippen LogP) is 25.6. The highest BCUT2D eigenvalue weighted by Crippen LogP contribution is 2.51. The van der Waals surface area contributed by atoms with Crippen molar-refractivity contribution in [2.75, 3.05) is 63.5 Å². The smallest absolute Gasteiger partial charge is 0.158 e. The number of nitrogens with two attached hydrogens (primary N) is 4. The maximum absolute atomic E-state index is 10.1. The Bertz CT molecular complexity index is 7400. The van der Waals surface area contributed by atoms with Gasteiger partial charge in [0.05, 0.1) is 37.8 Å². The van der Waals surface area contributed by atoms with E-state index in [1.807, 2.05) is 222 Å². The summed E-state index contributed by atoms with van der Waals surface area (Å²) in [4.78, 5) is 51.1. The minimum absolute atomic E-state index is 0.0967. The van der Waals surface area contributed by atoms with Gasteiger partial charge in [-0.3, -0.25) is 32.6 Å². The van der Waals surface area contributed by atoms with Crippen LogP contribution in [-0.2, 0) is 0 Å². The van der Waals surface area contributed by atoms with Crippen molar-refractivity contribution in [2.24, 2.45) is 0 Å². The Morgan fingerprint density at radius 2 is 0.750 bits per heavy atom. The molecule has 0 spiro atoms. The highest BCUT2D eigenvalue weighted by Gasteiger charge is 2.33. The molecule has 11 heterocycles. The second-order valence-electron chi connectivity index (χ2n) is 32.3. The topological polar surface area (TPSA) is 344 Å². The number of aliphatic hydroxyl groups is 1. The highest BCUT2D eigenvalue weighted by atomic mass is 79.9. The summed E-state index contributed by atoms with van der Waals surface area (Å²) in [5.41, 5.74) is 45.8. The van der Waals surface area contributed by atoms with Gasteiger partial charge < -0.3 is 57.0 Å². The highest BCUT2D eigenvalue weighted by molar-refractivity contribution is 9.10. The first-order chi connectivity index (χ1) is 65.0. The van der Waals surface area contributed by atoms with Gasteiger partial charge in [0.15, 0.2) is 27.8 Å². The standard InChI is InChI=1S/C29H28ClN5O2.C26H28Cl2N6O.C24H23Cl2N5O2.C23H21BrCl2N4O/c1-5-37-27-22(14-23(30)18(4)24(27)20-10-9-16(2)33-15-20)17(3)29-34-25(19-7-6-8-21(36)13-19)26-28(31)32-11-12-35(26)29;1-7-35-23-18(14(2)26-32-24(28)22-25(29)30-10-11-34(22)26)12-19(27)15(3)21(23)17-8-9-20(31-13-17)16(4)33(5)6;1-5-33-21-16(12(2)24-30-22(26)20-23(27)28-8-9-31(20)24)10-17(25)13(3)19(21)15-6-7-18(14(4)32)29-11-15;1-4-31-20-16(11-17(26)13(3)18(20)14-5-7-15(25)8-6-14)12(2)23-29-21(24)19-22(27)28-9-10-30(19)23/h6-15,17,36H,5H2,1-4H3,(H2,31,32);8-14H,4,7H2,1-3,5-6H3,(H2,29,30);6-12,32H,4-5H2,1-3H3,(H2,27,28);5-12H,4H2,1-3H3,(H2,27,28)/t;14-;12-;/m.00./s1. The van der Waals surface area contributed by atoms with Gasteiger partial charge in [-0.05, 0) is 173 Å². The third kappa shape index (κ3) is 19.8. The number of benzene rings is 6.